The van der Waals surface area contributed by atoms with Crippen molar-refractivity contribution in [2.45, 2.75) is 39.5 Å². The van der Waals surface area contributed by atoms with E-state index in [1.807, 2.05) is 0 Å². The Labute approximate surface area is 67.6 Å². The zero-order valence-electron chi connectivity index (χ0n) is 7.26. The van der Waals surface area contributed by atoms with Gasteiger partial charge in [-0.15, -0.1) is 0 Å². The molecule has 0 aromatic heterocycles. The lowest BCUT2D eigenvalue weighted by molar-refractivity contribution is -0.139. The fourth-order valence-corrected chi connectivity index (χ4v) is 2.04. The Balaban J connectivity index is 2.49. The Morgan fingerprint density at radius 3 is 2.55 bits per heavy atom. The van der Waals surface area contributed by atoms with Crippen LogP contribution >= 0.6 is 0 Å². The SMILES string of the molecule is CCCC1(CC)CC1C(=O)O. The summed E-state index contributed by atoms with van der Waals surface area (Å²) in [7, 11) is 0. The Hall–Kier alpha value is -0.530. The van der Waals surface area contributed by atoms with Crippen molar-refractivity contribution in [3.63, 3.8) is 0 Å². The molecule has 0 heterocycles. The third-order valence-electron chi connectivity index (χ3n) is 2.94. The first-order chi connectivity index (χ1) is 5.16. The highest BCUT2D eigenvalue weighted by Crippen LogP contribution is 2.58. The van der Waals surface area contributed by atoms with Crippen LogP contribution < -0.4 is 0 Å². The Kier molecular flexibility index (Phi) is 2.21. The lowest BCUT2D eigenvalue weighted by atomic mass is 9.94. The maximum atomic E-state index is 10.6. The maximum Gasteiger partial charge on any atom is 0.307 e. The molecule has 1 saturated carbocycles. The standard InChI is InChI=1S/C9H16O2/c1-3-5-9(4-2)6-7(9)8(10)11/h7H,3-6H2,1-2H3,(H,10,11). The molecular formula is C9H16O2. The predicted molar refractivity (Wildman–Crippen MR) is 43.4 cm³/mol. The van der Waals surface area contributed by atoms with Crippen molar-refractivity contribution in [2.24, 2.45) is 11.3 Å². The maximum absolute atomic E-state index is 10.6. The molecule has 0 saturated heterocycles. The number of aliphatic carboxylic acids is 1. The minimum atomic E-state index is -0.597. The summed E-state index contributed by atoms with van der Waals surface area (Å²) < 4.78 is 0. The molecule has 1 fully saturated rings. The summed E-state index contributed by atoms with van der Waals surface area (Å²) in [6.07, 6.45) is 4.13. The Bertz CT molecular complexity index is 165. The molecule has 1 rings (SSSR count). The van der Waals surface area contributed by atoms with Crippen LogP contribution in [-0.2, 0) is 4.79 Å². The van der Waals surface area contributed by atoms with Crippen molar-refractivity contribution < 1.29 is 9.90 Å². The molecule has 64 valence electrons. The third kappa shape index (κ3) is 1.39. The summed E-state index contributed by atoms with van der Waals surface area (Å²) in [4.78, 5) is 10.6. The Morgan fingerprint density at radius 2 is 2.27 bits per heavy atom. The quantitative estimate of drug-likeness (QED) is 0.678. The first-order valence-electron chi connectivity index (χ1n) is 4.39. The summed E-state index contributed by atoms with van der Waals surface area (Å²) >= 11 is 0. The van der Waals surface area contributed by atoms with Gasteiger partial charge in [0.25, 0.3) is 0 Å². The highest BCUT2D eigenvalue weighted by molar-refractivity contribution is 5.74. The fourth-order valence-electron chi connectivity index (χ4n) is 2.04. The topological polar surface area (TPSA) is 37.3 Å². The lowest BCUT2D eigenvalue weighted by Gasteiger charge is -2.10. The van der Waals surface area contributed by atoms with Crippen molar-refractivity contribution in [3.05, 3.63) is 0 Å². The van der Waals surface area contributed by atoms with Crippen molar-refractivity contribution in [1.82, 2.24) is 0 Å². The van der Waals surface area contributed by atoms with Gasteiger partial charge in [0.1, 0.15) is 0 Å². The number of carboxylic acids is 1. The summed E-state index contributed by atoms with van der Waals surface area (Å²) in [5.74, 6) is -0.632. The van der Waals surface area contributed by atoms with Gasteiger partial charge in [0, 0.05) is 0 Å². The van der Waals surface area contributed by atoms with Gasteiger partial charge in [-0.25, -0.2) is 0 Å². The van der Waals surface area contributed by atoms with Crippen LogP contribution in [0.4, 0.5) is 0 Å². The van der Waals surface area contributed by atoms with Crippen LogP contribution in [0.15, 0.2) is 0 Å². The van der Waals surface area contributed by atoms with E-state index in [4.69, 9.17) is 5.11 Å². The molecular weight excluding hydrogens is 140 g/mol. The lowest BCUT2D eigenvalue weighted by Crippen LogP contribution is -2.09. The highest BCUT2D eigenvalue weighted by Gasteiger charge is 2.55. The first kappa shape index (κ1) is 8.57. The second-order valence-electron chi connectivity index (χ2n) is 3.56. The molecule has 1 aliphatic rings. The van der Waals surface area contributed by atoms with E-state index in [0.29, 0.717) is 0 Å². The molecule has 0 amide bonds. The van der Waals surface area contributed by atoms with Gasteiger partial charge < -0.3 is 5.11 Å². The summed E-state index contributed by atoms with van der Waals surface area (Å²) in [6.45, 7) is 4.22. The molecule has 2 heteroatoms. The minimum Gasteiger partial charge on any atom is -0.481 e. The molecule has 1 N–H and O–H groups in total. The first-order valence-corrected chi connectivity index (χ1v) is 4.39. The second kappa shape index (κ2) is 2.84. The van der Waals surface area contributed by atoms with E-state index in [1.54, 1.807) is 0 Å². The molecule has 2 atom stereocenters. The van der Waals surface area contributed by atoms with E-state index in [-0.39, 0.29) is 11.3 Å². The van der Waals surface area contributed by atoms with Gasteiger partial charge in [-0.05, 0) is 24.7 Å². The summed E-state index contributed by atoms with van der Waals surface area (Å²) in [5.41, 5.74) is 0.181. The van der Waals surface area contributed by atoms with Gasteiger partial charge >= 0.3 is 5.97 Å². The highest BCUT2D eigenvalue weighted by atomic mass is 16.4. The van der Waals surface area contributed by atoms with Gasteiger partial charge in [-0.2, -0.15) is 0 Å². The number of hydrogen-bond acceptors (Lipinski definition) is 1. The van der Waals surface area contributed by atoms with Crippen LogP contribution in [0.1, 0.15) is 39.5 Å². The molecule has 0 spiro atoms. The molecule has 0 bridgehead atoms. The van der Waals surface area contributed by atoms with Crippen molar-refractivity contribution in [2.75, 3.05) is 0 Å². The number of rotatable bonds is 4. The molecule has 0 aromatic carbocycles. The van der Waals surface area contributed by atoms with Crippen molar-refractivity contribution >= 4 is 5.97 Å². The fraction of sp³-hybridized carbons (Fsp3) is 0.889. The van der Waals surface area contributed by atoms with Crippen LogP contribution in [0.2, 0.25) is 0 Å². The molecule has 11 heavy (non-hydrogen) atoms. The molecule has 2 unspecified atom stereocenters. The van der Waals surface area contributed by atoms with Gasteiger partial charge in [0.05, 0.1) is 5.92 Å². The van der Waals surface area contributed by atoms with Crippen molar-refractivity contribution in [1.29, 1.82) is 0 Å². The largest absolute Gasteiger partial charge is 0.481 e. The average molecular weight is 156 g/mol. The smallest absolute Gasteiger partial charge is 0.307 e. The van der Waals surface area contributed by atoms with Crippen LogP contribution in [0.5, 0.6) is 0 Å². The van der Waals surface area contributed by atoms with Crippen LogP contribution in [0, 0.1) is 11.3 Å². The zero-order valence-corrected chi connectivity index (χ0v) is 7.26. The van der Waals surface area contributed by atoms with E-state index >= 15 is 0 Å². The van der Waals surface area contributed by atoms with Crippen molar-refractivity contribution in [3.8, 4) is 0 Å². The molecule has 1 aliphatic carbocycles. The van der Waals surface area contributed by atoms with E-state index in [0.717, 1.165) is 25.7 Å². The van der Waals surface area contributed by atoms with Gasteiger partial charge in [0.15, 0.2) is 0 Å². The molecule has 2 nitrogen and oxygen atoms in total. The molecule has 0 aromatic rings. The van der Waals surface area contributed by atoms with Crippen LogP contribution in [-0.4, -0.2) is 11.1 Å². The van der Waals surface area contributed by atoms with Crippen LogP contribution in [0.3, 0.4) is 0 Å². The monoisotopic (exact) mass is 156 g/mol. The number of carbonyl (C=O) groups is 1. The van der Waals surface area contributed by atoms with E-state index in [1.165, 1.54) is 0 Å². The third-order valence-corrected chi connectivity index (χ3v) is 2.94. The Morgan fingerprint density at radius 1 is 1.64 bits per heavy atom. The summed E-state index contributed by atoms with van der Waals surface area (Å²) in [5, 5.41) is 8.75. The van der Waals surface area contributed by atoms with E-state index in [2.05, 4.69) is 13.8 Å². The van der Waals surface area contributed by atoms with E-state index < -0.39 is 5.97 Å². The number of carboxylic acid groups (broad SMARTS) is 1. The zero-order chi connectivity index (χ0) is 8.48. The number of hydrogen-bond donors (Lipinski definition) is 1. The van der Waals surface area contributed by atoms with Gasteiger partial charge in [-0.3, -0.25) is 4.79 Å². The molecule has 0 radical (unpaired) electrons. The van der Waals surface area contributed by atoms with Gasteiger partial charge in [0.2, 0.25) is 0 Å². The van der Waals surface area contributed by atoms with E-state index in [9.17, 15) is 4.79 Å². The molecule has 0 aliphatic heterocycles. The van der Waals surface area contributed by atoms with Gasteiger partial charge in [-0.1, -0.05) is 20.3 Å². The normalized spacial score (nSPS) is 35.3. The second-order valence-corrected chi connectivity index (χ2v) is 3.56. The summed E-state index contributed by atoms with van der Waals surface area (Å²) in [6, 6.07) is 0. The predicted octanol–water partition coefficient (Wildman–Crippen LogP) is 2.29. The van der Waals surface area contributed by atoms with Crippen LogP contribution in [0.25, 0.3) is 0 Å². The minimum absolute atomic E-state index is 0.0348. The average Bonchev–Trinajstić information content (AvgIpc) is 2.65.